The zero-order valence-corrected chi connectivity index (χ0v) is 17.4. The molecule has 10 heteroatoms. The summed E-state index contributed by atoms with van der Waals surface area (Å²) in [5, 5.41) is 0. The van der Waals surface area contributed by atoms with Crippen LogP contribution in [-0.2, 0) is 26.9 Å². The number of halogens is 4. The number of esters is 1. The van der Waals surface area contributed by atoms with Gasteiger partial charge in [-0.05, 0) is 37.0 Å². The molecule has 0 spiro atoms. The SMILES string of the molecule is CCc1cc(OCC2CN(C(=O)C3CC(N)(COC(C)=O)C3)C2)c(F)cc1C(F)(F)F. The van der Waals surface area contributed by atoms with Crippen molar-refractivity contribution in [2.24, 2.45) is 17.6 Å². The van der Waals surface area contributed by atoms with Gasteiger partial charge in [-0.2, -0.15) is 13.2 Å². The predicted octanol–water partition coefficient (Wildman–Crippen LogP) is 2.91. The molecule has 0 aromatic heterocycles. The number of benzene rings is 1. The molecule has 6 nitrogen and oxygen atoms in total. The van der Waals surface area contributed by atoms with Crippen molar-refractivity contribution in [1.29, 1.82) is 0 Å². The van der Waals surface area contributed by atoms with Crippen LogP contribution in [0.15, 0.2) is 12.1 Å². The van der Waals surface area contributed by atoms with Crippen molar-refractivity contribution in [3.05, 3.63) is 29.1 Å². The molecule has 2 fully saturated rings. The fourth-order valence-electron chi connectivity index (χ4n) is 4.04. The van der Waals surface area contributed by atoms with E-state index in [0.717, 1.165) is 6.07 Å². The molecular weight excluding hydrogens is 420 g/mol. The van der Waals surface area contributed by atoms with Crippen molar-refractivity contribution in [3.8, 4) is 5.75 Å². The van der Waals surface area contributed by atoms with Crippen LogP contribution in [0.5, 0.6) is 5.75 Å². The van der Waals surface area contributed by atoms with Crippen LogP contribution in [0.3, 0.4) is 0 Å². The van der Waals surface area contributed by atoms with Crippen molar-refractivity contribution in [1.82, 2.24) is 4.90 Å². The minimum atomic E-state index is -4.62. The van der Waals surface area contributed by atoms with Crippen LogP contribution < -0.4 is 10.5 Å². The molecule has 1 aliphatic carbocycles. The molecule has 1 saturated carbocycles. The highest BCUT2D eigenvalue weighted by Crippen LogP contribution is 2.39. The van der Waals surface area contributed by atoms with Gasteiger partial charge in [0, 0.05) is 31.8 Å². The Hall–Kier alpha value is -2.36. The van der Waals surface area contributed by atoms with Crippen molar-refractivity contribution in [3.63, 3.8) is 0 Å². The fraction of sp³-hybridized carbons (Fsp3) is 0.619. The lowest BCUT2D eigenvalue weighted by Crippen LogP contribution is -2.62. The van der Waals surface area contributed by atoms with Crippen molar-refractivity contribution >= 4 is 11.9 Å². The summed E-state index contributed by atoms with van der Waals surface area (Å²) in [5.41, 5.74) is 4.39. The van der Waals surface area contributed by atoms with Crippen LogP contribution in [0, 0.1) is 17.7 Å². The van der Waals surface area contributed by atoms with E-state index in [-0.39, 0.29) is 48.7 Å². The summed E-state index contributed by atoms with van der Waals surface area (Å²) in [5.74, 6) is -1.97. The topological polar surface area (TPSA) is 81.9 Å². The first kappa shape index (κ1) is 23.3. The molecule has 1 aliphatic heterocycles. The van der Waals surface area contributed by atoms with E-state index in [1.54, 1.807) is 11.8 Å². The Morgan fingerprint density at radius 2 is 1.90 bits per heavy atom. The monoisotopic (exact) mass is 446 g/mol. The zero-order valence-electron chi connectivity index (χ0n) is 17.4. The lowest BCUT2D eigenvalue weighted by atomic mass is 9.68. The van der Waals surface area contributed by atoms with Gasteiger partial charge in [0.05, 0.1) is 17.7 Å². The second-order valence-electron chi connectivity index (χ2n) is 8.46. The van der Waals surface area contributed by atoms with Gasteiger partial charge in [0.2, 0.25) is 5.91 Å². The second kappa shape index (κ2) is 8.64. The number of hydrogen-bond acceptors (Lipinski definition) is 5. The molecular formula is C21H26F4N2O4. The minimum absolute atomic E-state index is 0.0283. The Balaban J connectivity index is 1.46. The molecule has 1 amide bonds. The maximum Gasteiger partial charge on any atom is 0.416 e. The van der Waals surface area contributed by atoms with E-state index < -0.39 is 29.1 Å². The third-order valence-corrected chi connectivity index (χ3v) is 5.81. The van der Waals surface area contributed by atoms with Gasteiger partial charge in [0.1, 0.15) is 6.61 Å². The summed E-state index contributed by atoms with van der Waals surface area (Å²) in [6.07, 6.45) is -3.65. The van der Waals surface area contributed by atoms with E-state index in [1.165, 1.54) is 6.92 Å². The maximum atomic E-state index is 14.1. The smallest absolute Gasteiger partial charge is 0.416 e. The third-order valence-electron chi connectivity index (χ3n) is 5.81. The zero-order chi connectivity index (χ0) is 23.0. The minimum Gasteiger partial charge on any atom is -0.490 e. The number of nitrogens with zero attached hydrogens (tertiary/aromatic N) is 1. The molecule has 1 saturated heterocycles. The average molecular weight is 446 g/mol. The van der Waals surface area contributed by atoms with Crippen LogP contribution in [0.4, 0.5) is 17.6 Å². The van der Waals surface area contributed by atoms with Crippen LogP contribution in [0.1, 0.15) is 37.8 Å². The molecule has 3 rings (SSSR count). The highest BCUT2D eigenvalue weighted by atomic mass is 19.4. The van der Waals surface area contributed by atoms with Crippen molar-refractivity contribution in [2.45, 2.75) is 44.8 Å². The van der Waals surface area contributed by atoms with Crippen LogP contribution in [-0.4, -0.2) is 48.6 Å². The van der Waals surface area contributed by atoms with Crippen LogP contribution in [0.2, 0.25) is 0 Å². The normalized spacial score (nSPS) is 23.7. The molecule has 31 heavy (non-hydrogen) atoms. The van der Waals surface area contributed by atoms with Gasteiger partial charge >= 0.3 is 12.1 Å². The molecule has 2 aliphatic rings. The number of hydrogen-bond donors (Lipinski definition) is 1. The Kier molecular flexibility index (Phi) is 6.50. The highest BCUT2D eigenvalue weighted by Gasteiger charge is 2.48. The van der Waals surface area contributed by atoms with Gasteiger partial charge in [-0.25, -0.2) is 4.39 Å². The van der Waals surface area contributed by atoms with E-state index in [2.05, 4.69) is 0 Å². The molecule has 0 bridgehead atoms. The summed E-state index contributed by atoms with van der Waals surface area (Å²) in [7, 11) is 0. The first-order chi connectivity index (χ1) is 14.4. The molecule has 1 aromatic carbocycles. The molecule has 1 aromatic rings. The number of aryl methyl sites for hydroxylation is 1. The molecule has 0 atom stereocenters. The number of amides is 1. The third kappa shape index (κ3) is 5.28. The number of likely N-dealkylation sites (tertiary alicyclic amines) is 1. The van der Waals surface area contributed by atoms with Crippen molar-refractivity contribution < 1.29 is 36.6 Å². The Morgan fingerprint density at radius 3 is 2.45 bits per heavy atom. The Bertz CT molecular complexity index is 847. The maximum absolute atomic E-state index is 14.1. The lowest BCUT2D eigenvalue weighted by Gasteiger charge is -2.48. The van der Waals surface area contributed by atoms with Gasteiger partial charge < -0.3 is 20.1 Å². The van der Waals surface area contributed by atoms with Crippen molar-refractivity contribution in [2.75, 3.05) is 26.3 Å². The first-order valence-corrected chi connectivity index (χ1v) is 10.2. The highest BCUT2D eigenvalue weighted by molar-refractivity contribution is 5.81. The molecule has 0 unspecified atom stereocenters. The number of carbonyl (C=O) groups is 2. The number of ether oxygens (including phenoxy) is 2. The van der Waals surface area contributed by atoms with Gasteiger partial charge in [0.25, 0.3) is 0 Å². The lowest BCUT2D eigenvalue weighted by molar-refractivity contribution is -0.152. The van der Waals surface area contributed by atoms with Gasteiger partial charge in [-0.3, -0.25) is 9.59 Å². The fourth-order valence-corrected chi connectivity index (χ4v) is 4.04. The Labute approximate surface area is 177 Å². The standard InChI is InChI=1S/C21H26F4N2O4/c1-3-14-4-18(17(22)5-16(14)21(23,24)25)30-10-13-8-27(9-13)19(29)15-6-20(26,7-15)11-31-12(2)28/h4-5,13,15H,3,6-11,26H2,1-2H3. The average Bonchev–Trinajstić information content (AvgIpc) is 2.62. The van der Waals surface area contributed by atoms with E-state index in [4.69, 9.17) is 15.2 Å². The van der Waals surface area contributed by atoms with Crippen LogP contribution in [0.25, 0.3) is 0 Å². The summed E-state index contributed by atoms with van der Waals surface area (Å²) < 4.78 is 63.4. The molecule has 2 N–H and O–H groups in total. The second-order valence-corrected chi connectivity index (χ2v) is 8.46. The first-order valence-electron chi connectivity index (χ1n) is 10.2. The number of nitrogens with two attached hydrogens (primary N) is 1. The molecule has 172 valence electrons. The Morgan fingerprint density at radius 1 is 1.26 bits per heavy atom. The van der Waals surface area contributed by atoms with Gasteiger partial charge in [0.15, 0.2) is 11.6 Å². The quantitative estimate of drug-likeness (QED) is 0.515. The number of rotatable bonds is 7. The number of alkyl halides is 3. The largest absolute Gasteiger partial charge is 0.490 e. The predicted molar refractivity (Wildman–Crippen MR) is 103 cm³/mol. The summed E-state index contributed by atoms with van der Waals surface area (Å²) in [4.78, 5) is 25.0. The van der Waals surface area contributed by atoms with Gasteiger partial charge in [-0.15, -0.1) is 0 Å². The van der Waals surface area contributed by atoms with E-state index in [9.17, 15) is 27.2 Å². The molecule has 0 radical (unpaired) electrons. The summed E-state index contributed by atoms with van der Waals surface area (Å²) >= 11 is 0. The van der Waals surface area contributed by atoms with Gasteiger partial charge in [-0.1, -0.05) is 6.92 Å². The van der Waals surface area contributed by atoms with E-state index >= 15 is 0 Å². The summed E-state index contributed by atoms with van der Waals surface area (Å²) in [6, 6.07) is 1.56. The molecule has 1 heterocycles. The summed E-state index contributed by atoms with van der Waals surface area (Å²) in [6.45, 7) is 3.91. The number of carbonyl (C=O) groups excluding carboxylic acids is 2. The van der Waals surface area contributed by atoms with E-state index in [0.29, 0.717) is 32.0 Å². The van der Waals surface area contributed by atoms with E-state index in [1.807, 2.05) is 0 Å². The van der Waals surface area contributed by atoms with Crippen LogP contribution >= 0.6 is 0 Å².